The van der Waals surface area contributed by atoms with Crippen molar-refractivity contribution in [2.24, 2.45) is 0 Å². The molecule has 0 atom stereocenters. The predicted octanol–water partition coefficient (Wildman–Crippen LogP) is 6.11. The molecule has 0 aromatic carbocycles. The Morgan fingerprint density at radius 2 is 1.26 bits per heavy atom. The number of unbranched alkanes of at least 4 members (excludes halogenated alkanes) is 1. The van der Waals surface area contributed by atoms with Gasteiger partial charge in [0.25, 0.3) is 0 Å². The molecule has 0 bridgehead atoms. The summed E-state index contributed by atoms with van der Waals surface area (Å²) in [6, 6.07) is 5.12. The van der Waals surface area contributed by atoms with Crippen LogP contribution >= 0.6 is 22.7 Å². The fourth-order valence-corrected chi connectivity index (χ4v) is 15.8. The average Bonchev–Trinajstić information content (AvgIpc) is 3.05. The molecule has 1 aliphatic carbocycles. The molecule has 0 fully saturated rings. The Morgan fingerprint density at radius 1 is 0.826 bits per heavy atom. The van der Waals surface area contributed by atoms with Crippen LogP contribution in [0, 0.1) is 0 Å². The van der Waals surface area contributed by atoms with E-state index < -0.39 is 36.8 Å². The van der Waals surface area contributed by atoms with E-state index in [1.54, 1.807) is 32.2 Å². The zero-order chi connectivity index (χ0) is 17.0. The van der Waals surface area contributed by atoms with E-state index in [0.29, 0.717) is 0 Å². The molecule has 0 aliphatic heterocycles. The Morgan fingerprint density at radius 3 is 1.61 bits per heavy atom. The van der Waals surface area contributed by atoms with Gasteiger partial charge in [0.2, 0.25) is 0 Å². The number of fused-ring (bicyclic) bond motifs is 3. The van der Waals surface area contributed by atoms with Crippen molar-refractivity contribution < 1.29 is 0 Å². The molecule has 0 spiro atoms. The fraction of sp³-hybridized carbons (Fsp3) is 0.474. The second-order valence-electron chi connectivity index (χ2n) is 8.61. The molecule has 0 unspecified atom stereocenters. The molecule has 0 saturated heterocycles. The van der Waals surface area contributed by atoms with Gasteiger partial charge in [0, 0.05) is 0 Å². The second kappa shape index (κ2) is 6.47. The first kappa shape index (κ1) is 18.5. The molecule has 1 aliphatic rings. The molecule has 2 aromatic heterocycles. The summed E-state index contributed by atoms with van der Waals surface area (Å²) in [5.74, 6) is 0. The standard InChI is InChI=1S/C13H10S2.6CH3.2Sn/c1-2-3-4-9-10-5-7-14-12(10)13-11(9)6-8-15-13;;;;;;;;/h4-6H,2-3H2,1H3;6*1H3;;. The number of thiophene rings is 2. The van der Waals surface area contributed by atoms with E-state index in [1.165, 1.54) is 12.8 Å². The van der Waals surface area contributed by atoms with Crippen LogP contribution < -0.4 is 5.79 Å². The molecule has 0 amide bonds. The first-order valence-electron chi connectivity index (χ1n) is 8.63. The molecule has 4 heteroatoms. The molecule has 0 radical (unpaired) electrons. The Labute approximate surface area is 157 Å². The number of rotatable bonds is 4. The molecule has 0 nitrogen and oxygen atoms in total. The van der Waals surface area contributed by atoms with Crippen molar-refractivity contribution in [3.8, 4) is 9.75 Å². The van der Waals surface area contributed by atoms with Crippen molar-refractivity contribution >= 4 is 70.8 Å². The summed E-state index contributed by atoms with van der Waals surface area (Å²) in [7, 11) is 0. The third-order valence-corrected chi connectivity index (χ3v) is 25.7. The molecule has 124 valence electrons. The van der Waals surface area contributed by atoms with Crippen molar-refractivity contribution in [2.45, 2.75) is 49.4 Å². The van der Waals surface area contributed by atoms with E-state index in [-0.39, 0.29) is 0 Å². The zero-order valence-electron chi connectivity index (χ0n) is 15.5. The summed E-state index contributed by atoms with van der Waals surface area (Å²) in [4.78, 5) is 18.4. The molecule has 3 rings (SSSR count). The van der Waals surface area contributed by atoms with E-state index in [9.17, 15) is 0 Å². The van der Waals surface area contributed by atoms with Crippen LogP contribution in [-0.2, 0) is 0 Å². The van der Waals surface area contributed by atoms with Crippen LogP contribution in [0.5, 0.6) is 0 Å². The number of hydrogen-bond donors (Lipinski definition) is 0. The van der Waals surface area contributed by atoms with Crippen molar-refractivity contribution in [3.63, 3.8) is 0 Å². The van der Waals surface area contributed by atoms with E-state index in [2.05, 4.69) is 77.4 Å². The van der Waals surface area contributed by atoms with E-state index in [1.807, 2.05) is 0 Å². The van der Waals surface area contributed by atoms with Gasteiger partial charge >= 0.3 is 159 Å². The van der Waals surface area contributed by atoms with Crippen molar-refractivity contribution in [3.05, 3.63) is 29.3 Å². The summed E-state index contributed by atoms with van der Waals surface area (Å²) in [6.45, 7) is 2.28. The van der Waals surface area contributed by atoms with E-state index in [0.717, 1.165) is 0 Å². The monoisotopic (exact) mass is 560 g/mol. The van der Waals surface area contributed by atoms with Gasteiger partial charge in [-0.2, -0.15) is 0 Å². The van der Waals surface area contributed by atoms with Crippen LogP contribution in [0.4, 0.5) is 0 Å². The maximum absolute atomic E-state index is 2.56. The van der Waals surface area contributed by atoms with Crippen molar-refractivity contribution in [2.75, 3.05) is 0 Å². The average molecular weight is 558 g/mol. The Kier molecular flexibility index (Phi) is 5.21. The van der Waals surface area contributed by atoms with Gasteiger partial charge < -0.3 is 0 Å². The molecule has 2 aromatic rings. The summed E-state index contributed by atoms with van der Waals surface area (Å²) in [5.41, 5.74) is 4.66. The third kappa shape index (κ3) is 3.52. The van der Waals surface area contributed by atoms with Gasteiger partial charge in [-0.15, -0.1) is 0 Å². The van der Waals surface area contributed by atoms with Crippen LogP contribution in [0.3, 0.4) is 0 Å². The summed E-state index contributed by atoms with van der Waals surface area (Å²) >= 11 is 0.271. The van der Waals surface area contributed by atoms with Crippen molar-refractivity contribution in [1.82, 2.24) is 0 Å². The topological polar surface area (TPSA) is 0 Å². The van der Waals surface area contributed by atoms with E-state index in [4.69, 9.17) is 0 Å². The van der Waals surface area contributed by atoms with Crippen LogP contribution in [0.15, 0.2) is 18.2 Å². The first-order valence-corrected chi connectivity index (χ1v) is 30.2. The molecular formula is C19H28S2Sn2. The Hall–Kier alpha value is 0.737. The minimum atomic E-state index is -1.98. The zero-order valence-corrected chi connectivity index (χ0v) is 22.8. The van der Waals surface area contributed by atoms with Gasteiger partial charge in [0.05, 0.1) is 0 Å². The summed E-state index contributed by atoms with van der Waals surface area (Å²) in [6.07, 6.45) is 4.94. The molecule has 2 heterocycles. The van der Waals surface area contributed by atoms with Gasteiger partial charge in [-0.05, 0) is 0 Å². The predicted molar refractivity (Wildman–Crippen MR) is 116 cm³/mol. The fourth-order valence-electron chi connectivity index (χ4n) is 2.91. The minimum absolute atomic E-state index is 1.20. The van der Waals surface area contributed by atoms with Crippen LogP contribution in [0.25, 0.3) is 15.3 Å². The molecular weight excluding hydrogens is 530 g/mol. The van der Waals surface area contributed by atoms with Gasteiger partial charge in [-0.1, -0.05) is 0 Å². The number of hydrogen-bond acceptors (Lipinski definition) is 2. The molecule has 0 saturated carbocycles. The number of allylic oxidation sites excluding steroid dienone is 1. The van der Waals surface area contributed by atoms with Gasteiger partial charge in [0.15, 0.2) is 0 Å². The maximum atomic E-state index is 2.56. The van der Waals surface area contributed by atoms with Crippen LogP contribution in [0.2, 0.25) is 29.6 Å². The van der Waals surface area contributed by atoms with E-state index >= 15 is 0 Å². The van der Waals surface area contributed by atoms with Crippen molar-refractivity contribution in [1.29, 1.82) is 0 Å². The van der Waals surface area contributed by atoms with Gasteiger partial charge in [-0.3, -0.25) is 0 Å². The second-order valence-corrected chi connectivity index (χ2v) is 41.5. The van der Waals surface area contributed by atoms with Gasteiger partial charge in [-0.25, -0.2) is 0 Å². The quantitative estimate of drug-likeness (QED) is 0.340. The Bertz CT molecular complexity index is 704. The summed E-state index contributed by atoms with van der Waals surface area (Å²) in [5, 5.41) is 0. The molecule has 0 N–H and O–H groups in total. The van der Waals surface area contributed by atoms with Crippen LogP contribution in [-0.4, -0.2) is 36.8 Å². The van der Waals surface area contributed by atoms with Gasteiger partial charge in [0.1, 0.15) is 0 Å². The molecule has 23 heavy (non-hydrogen) atoms. The van der Waals surface area contributed by atoms with Crippen LogP contribution in [0.1, 0.15) is 30.9 Å². The summed E-state index contributed by atoms with van der Waals surface area (Å²) < 4.78 is 3.46. The SMILES string of the molecule is CCCC=C1c2c[c]([Sn]([CH3])([CH3])[CH3])sc2-c2s[c]([Sn]([CH3])([CH3])[CH3])cc21. The first-order chi connectivity index (χ1) is 10.6. The Balaban J connectivity index is 2.18. The normalized spacial score (nSPS) is 14.1. The third-order valence-electron chi connectivity index (χ3n) is 4.37.